The van der Waals surface area contributed by atoms with Gasteiger partial charge in [0.2, 0.25) is 0 Å². The number of ether oxygens (including phenoxy) is 1. The van der Waals surface area contributed by atoms with Crippen LogP contribution < -0.4 is 5.32 Å². The van der Waals surface area contributed by atoms with Gasteiger partial charge in [0.1, 0.15) is 0 Å². The van der Waals surface area contributed by atoms with E-state index in [-0.39, 0.29) is 6.04 Å². The van der Waals surface area contributed by atoms with Crippen molar-refractivity contribution in [2.75, 3.05) is 45.9 Å². The molecule has 170 valence electrons. The highest BCUT2D eigenvalue weighted by Gasteiger charge is 2.34. The van der Waals surface area contributed by atoms with Gasteiger partial charge in [-0.15, -0.1) is 0 Å². The third-order valence-corrected chi connectivity index (χ3v) is 7.59. The summed E-state index contributed by atoms with van der Waals surface area (Å²) in [6.07, 6.45) is -0.395. The van der Waals surface area contributed by atoms with Crippen molar-refractivity contribution >= 4 is 10.2 Å². The number of benzene rings is 1. The molecule has 2 heterocycles. The summed E-state index contributed by atoms with van der Waals surface area (Å²) in [6, 6.07) is 5.57. The lowest BCUT2D eigenvalue weighted by Crippen LogP contribution is -2.54. The van der Waals surface area contributed by atoms with Gasteiger partial charge >= 0.3 is 6.18 Å². The minimum absolute atomic E-state index is 0.100. The molecule has 0 aliphatic carbocycles. The number of alkyl halides is 3. The fourth-order valence-electron chi connectivity index (χ4n) is 3.92. The zero-order chi connectivity index (χ0) is 21.6. The Kier molecular flexibility index (Phi) is 8.14. The Labute approximate surface area is 176 Å². The van der Waals surface area contributed by atoms with Crippen molar-refractivity contribution < 1.29 is 26.3 Å². The van der Waals surface area contributed by atoms with Crippen LogP contribution in [0.2, 0.25) is 0 Å². The summed E-state index contributed by atoms with van der Waals surface area (Å²) in [6.45, 7) is 3.36. The van der Waals surface area contributed by atoms with Crippen LogP contribution in [0.3, 0.4) is 0 Å². The second-order valence-electron chi connectivity index (χ2n) is 7.83. The molecule has 0 radical (unpaired) electrons. The van der Waals surface area contributed by atoms with E-state index < -0.39 is 21.9 Å². The molecular weight excluding hydrogens is 419 g/mol. The Balaban J connectivity index is 1.40. The van der Waals surface area contributed by atoms with Gasteiger partial charge in [0.15, 0.2) is 0 Å². The number of halogens is 3. The van der Waals surface area contributed by atoms with Crippen molar-refractivity contribution in [3.8, 4) is 0 Å². The summed E-state index contributed by atoms with van der Waals surface area (Å²) >= 11 is 0. The number of nitrogens with zero attached hydrogens (tertiary/aromatic N) is 2. The quantitative estimate of drug-likeness (QED) is 0.620. The van der Waals surface area contributed by atoms with Gasteiger partial charge in [0, 0.05) is 32.2 Å². The van der Waals surface area contributed by atoms with E-state index in [1.54, 1.807) is 10.4 Å². The predicted octanol–water partition coefficient (Wildman–Crippen LogP) is 2.66. The molecule has 1 atom stereocenters. The standard InChI is InChI=1S/C20H30F3N3O3S/c21-20(22,23)18-7-3-6-17(15-18)5-1-2-9-24-19-8-4-10-26(16-19)30(27,28)25-11-13-29-14-12-25/h3,6-7,15,19,24H,1-2,4-5,8-14,16H2. The van der Waals surface area contributed by atoms with E-state index in [4.69, 9.17) is 4.74 Å². The first-order chi connectivity index (χ1) is 14.3. The summed E-state index contributed by atoms with van der Waals surface area (Å²) in [5.74, 6) is 0. The molecule has 1 N–H and O–H groups in total. The highest BCUT2D eigenvalue weighted by atomic mass is 32.2. The molecule has 0 spiro atoms. The van der Waals surface area contributed by atoms with Gasteiger partial charge in [-0.1, -0.05) is 18.2 Å². The molecule has 1 aromatic rings. The largest absolute Gasteiger partial charge is 0.416 e. The Hall–Kier alpha value is -1.20. The predicted molar refractivity (Wildman–Crippen MR) is 108 cm³/mol. The van der Waals surface area contributed by atoms with Crippen molar-refractivity contribution in [1.29, 1.82) is 0 Å². The van der Waals surface area contributed by atoms with Crippen LogP contribution in [-0.2, 0) is 27.5 Å². The molecule has 0 amide bonds. The van der Waals surface area contributed by atoms with Crippen LogP contribution in [0.4, 0.5) is 13.2 Å². The molecule has 10 heteroatoms. The van der Waals surface area contributed by atoms with Crippen LogP contribution in [0.1, 0.15) is 36.8 Å². The van der Waals surface area contributed by atoms with Crippen LogP contribution in [0.5, 0.6) is 0 Å². The molecular formula is C20H30F3N3O3S. The third-order valence-electron chi connectivity index (χ3n) is 5.59. The molecule has 0 bridgehead atoms. The highest BCUT2D eigenvalue weighted by Crippen LogP contribution is 2.29. The highest BCUT2D eigenvalue weighted by molar-refractivity contribution is 7.86. The molecule has 30 heavy (non-hydrogen) atoms. The maximum Gasteiger partial charge on any atom is 0.416 e. The average molecular weight is 450 g/mol. The third kappa shape index (κ3) is 6.40. The van der Waals surface area contributed by atoms with E-state index in [9.17, 15) is 21.6 Å². The Morgan fingerprint density at radius 2 is 1.87 bits per heavy atom. The van der Waals surface area contributed by atoms with Crippen LogP contribution in [-0.4, -0.2) is 69.0 Å². The first-order valence-corrected chi connectivity index (χ1v) is 11.9. The fraction of sp³-hybridized carbons (Fsp3) is 0.700. The van der Waals surface area contributed by atoms with Gasteiger partial charge in [0.25, 0.3) is 10.2 Å². The van der Waals surface area contributed by atoms with Gasteiger partial charge < -0.3 is 10.1 Å². The van der Waals surface area contributed by atoms with Crippen LogP contribution in [0.25, 0.3) is 0 Å². The van der Waals surface area contributed by atoms with Gasteiger partial charge in [-0.05, 0) is 50.3 Å². The van der Waals surface area contributed by atoms with Gasteiger partial charge in [-0.25, -0.2) is 0 Å². The summed E-state index contributed by atoms with van der Waals surface area (Å²) in [5.41, 5.74) is 0.0761. The lowest BCUT2D eigenvalue weighted by molar-refractivity contribution is -0.137. The number of morpholine rings is 1. The smallest absolute Gasteiger partial charge is 0.379 e. The van der Waals surface area contributed by atoms with Crippen molar-refractivity contribution in [2.45, 2.75) is 44.3 Å². The summed E-state index contributed by atoms with van der Waals surface area (Å²) in [7, 11) is -3.45. The first-order valence-electron chi connectivity index (χ1n) is 10.5. The lowest BCUT2D eigenvalue weighted by atomic mass is 10.0. The molecule has 3 rings (SSSR count). The van der Waals surface area contributed by atoms with Crippen molar-refractivity contribution in [3.05, 3.63) is 35.4 Å². The lowest BCUT2D eigenvalue weighted by Gasteiger charge is -2.37. The van der Waals surface area contributed by atoms with E-state index in [0.29, 0.717) is 51.4 Å². The number of piperidine rings is 1. The van der Waals surface area contributed by atoms with E-state index in [0.717, 1.165) is 38.3 Å². The number of aryl methyl sites for hydroxylation is 1. The second-order valence-corrected chi connectivity index (χ2v) is 9.75. The normalized spacial score (nSPS) is 22.3. The van der Waals surface area contributed by atoms with Crippen molar-refractivity contribution in [1.82, 2.24) is 13.9 Å². The molecule has 2 aliphatic heterocycles. The van der Waals surface area contributed by atoms with Crippen molar-refractivity contribution in [2.24, 2.45) is 0 Å². The van der Waals surface area contributed by atoms with Gasteiger partial charge in [-0.3, -0.25) is 0 Å². The van der Waals surface area contributed by atoms with Gasteiger partial charge in [-0.2, -0.15) is 30.2 Å². The maximum absolute atomic E-state index is 12.8. The number of nitrogens with one attached hydrogen (secondary N) is 1. The zero-order valence-electron chi connectivity index (χ0n) is 17.0. The molecule has 2 aliphatic rings. The Morgan fingerprint density at radius 1 is 1.10 bits per heavy atom. The van der Waals surface area contributed by atoms with Crippen LogP contribution in [0, 0.1) is 0 Å². The van der Waals surface area contributed by atoms with Crippen LogP contribution in [0.15, 0.2) is 24.3 Å². The van der Waals surface area contributed by atoms with E-state index >= 15 is 0 Å². The average Bonchev–Trinajstić information content (AvgIpc) is 2.74. The first kappa shape index (κ1) is 23.5. The topological polar surface area (TPSA) is 61.9 Å². The van der Waals surface area contributed by atoms with Gasteiger partial charge in [0.05, 0.1) is 18.8 Å². The maximum atomic E-state index is 12.8. The molecule has 1 aromatic carbocycles. The summed E-state index contributed by atoms with van der Waals surface area (Å²) in [4.78, 5) is 0. The molecule has 0 aromatic heterocycles. The molecule has 0 saturated carbocycles. The van der Waals surface area contributed by atoms with Crippen LogP contribution >= 0.6 is 0 Å². The monoisotopic (exact) mass is 449 g/mol. The molecule has 2 fully saturated rings. The fourth-order valence-corrected chi connectivity index (χ4v) is 5.59. The number of unbranched alkanes of at least 4 members (excludes halogenated alkanes) is 1. The minimum atomic E-state index is -4.31. The number of hydrogen-bond acceptors (Lipinski definition) is 4. The SMILES string of the molecule is O=S(=O)(N1CCOCC1)N1CCCC(NCCCCc2cccc(C(F)(F)F)c2)C1. The number of hydrogen-bond donors (Lipinski definition) is 1. The van der Waals surface area contributed by atoms with E-state index in [1.807, 2.05) is 0 Å². The summed E-state index contributed by atoms with van der Waals surface area (Å²) in [5, 5.41) is 3.42. The molecule has 2 saturated heterocycles. The van der Waals surface area contributed by atoms with E-state index in [2.05, 4.69) is 5.32 Å². The second kappa shape index (κ2) is 10.4. The number of rotatable bonds is 8. The Bertz CT molecular complexity index is 783. The summed E-state index contributed by atoms with van der Waals surface area (Å²) < 4.78 is 72.3. The van der Waals surface area contributed by atoms with E-state index in [1.165, 1.54) is 16.4 Å². The molecule has 6 nitrogen and oxygen atoms in total. The molecule has 1 unspecified atom stereocenters. The van der Waals surface area contributed by atoms with Crippen molar-refractivity contribution in [3.63, 3.8) is 0 Å². The minimum Gasteiger partial charge on any atom is -0.379 e. The Morgan fingerprint density at radius 3 is 2.60 bits per heavy atom. The zero-order valence-corrected chi connectivity index (χ0v) is 17.8.